The average molecular weight is 187 g/mol. The highest BCUT2D eigenvalue weighted by Crippen LogP contribution is 2.04. The van der Waals surface area contributed by atoms with Crippen LogP contribution in [0, 0.1) is 0 Å². The molecule has 13 heavy (non-hydrogen) atoms. The number of aliphatic hydroxyl groups is 1. The molecule has 1 aromatic rings. The number of rotatable bonds is 4. The van der Waals surface area contributed by atoms with Crippen LogP contribution in [0.25, 0.3) is 0 Å². The van der Waals surface area contributed by atoms with Gasteiger partial charge in [-0.2, -0.15) is 0 Å². The van der Waals surface area contributed by atoms with Gasteiger partial charge in [-0.05, 0) is 12.0 Å². The molecule has 0 spiro atoms. The molecule has 1 aromatic carbocycles. The van der Waals surface area contributed by atoms with Crippen molar-refractivity contribution in [3.8, 4) is 0 Å². The van der Waals surface area contributed by atoms with Crippen molar-refractivity contribution in [2.24, 2.45) is 0 Å². The van der Waals surface area contributed by atoms with Gasteiger partial charge in [-0.25, -0.2) is 0 Å². The highest BCUT2D eigenvalue weighted by atomic mass is 19.4. The van der Waals surface area contributed by atoms with E-state index < -0.39 is 18.0 Å². The normalized spacial score (nSPS) is 13.2. The first-order valence-corrected chi connectivity index (χ1v) is 3.99. The highest BCUT2D eigenvalue weighted by Gasteiger charge is 2.10. The number of hydrogen-bond acceptors (Lipinski definition) is 2. The van der Waals surface area contributed by atoms with E-state index in [0.717, 1.165) is 5.56 Å². The third-order valence-electron chi connectivity index (χ3n) is 1.66. The summed E-state index contributed by atoms with van der Waals surface area (Å²) in [6.07, 6.45) is -0.761. The predicted molar refractivity (Wildman–Crippen MR) is 45.1 cm³/mol. The summed E-state index contributed by atoms with van der Waals surface area (Å²) in [4.78, 5) is 0. The molecule has 0 aromatic heterocycles. The maximum absolute atomic E-state index is 11.7. The summed E-state index contributed by atoms with van der Waals surface area (Å²) in [7, 11) is 0. The van der Waals surface area contributed by atoms with Crippen LogP contribution in [0.15, 0.2) is 30.3 Å². The van der Waals surface area contributed by atoms with E-state index in [2.05, 4.69) is 0 Å². The first kappa shape index (κ1) is 10.1. The second kappa shape index (κ2) is 4.89. The Kier molecular flexibility index (Phi) is 3.79. The molecule has 0 bridgehead atoms. The van der Waals surface area contributed by atoms with E-state index in [9.17, 15) is 8.96 Å². The van der Waals surface area contributed by atoms with Crippen molar-refractivity contribution in [1.82, 2.24) is 5.34 Å². The Morgan fingerprint density at radius 1 is 1.23 bits per heavy atom. The minimum Gasteiger partial charge on any atom is -0.391 e. The van der Waals surface area contributed by atoms with Gasteiger partial charge in [-0.3, -0.25) is 0 Å². The van der Waals surface area contributed by atoms with Gasteiger partial charge in [0.2, 0.25) is 0 Å². The van der Waals surface area contributed by atoms with E-state index in [1.807, 2.05) is 18.2 Å². The third-order valence-corrected chi connectivity index (χ3v) is 1.66. The fraction of sp³-hybridized carbons (Fsp3) is 0.333. The summed E-state index contributed by atoms with van der Waals surface area (Å²) in [5.41, 5.74) is 0.858. The molecule has 0 fully saturated rings. The molecule has 0 aliphatic rings. The maximum atomic E-state index is 11.7. The first-order chi connectivity index (χ1) is 6.18. The monoisotopic (exact) mass is 187 g/mol. The molecule has 0 radical (unpaired) electrons. The molecular weight excluding hydrogens is 176 g/mol. The smallest absolute Gasteiger partial charge is 0.0882 e. The number of halogens is 2. The van der Waals surface area contributed by atoms with Crippen LogP contribution in [0.2, 0.25) is 0 Å². The van der Waals surface area contributed by atoms with Crippen molar-refractivity contribution in [3.63, 3.8) is 0 Å². The van der Waals surface area contributed by atoms with Crippen molar-refractivity contribution >= 4 is 0 Å². The number of hydrogen-bond donors (Lipinski definition) is 1. The minimum atomic E-state index is -1.02. The van der Waals surface area contributed by atoms with Gasteiger partial charge in [0.15, 0.2) is 0 Å². The first-order valence-electron chi connectivity index (χ1n) is 3.99. The number of aliphatic hydroxyl groups excluding tert-OH is 1. The molecule has 0 saturated carbocycles. The van der Waals surface area contributed by atoms with Crippen molar-refractivity contribution < 1.29 is 14.1 Å². The van der Waals surface area contributed by atoms with Gasteiger partial charge in [0.25, 0.3) is 0 Å². The summed E-state index contributed by atoms with van der Waals surface area (Å²) in [5, 5.41) is 8.15. The van der Waals surface area contributed by atoms with Gasteiger partial charge < -0.3 is 5.11 Å². The predicted octanol–water partition coefficient (Wildman–Crippen LogP) is 1.66. The van der Waals surface area contributed by atoms with Gasteiger partial charge in [-0.15, -0.1) is 8.96 Å². The lowest BCUT2D eigenvalue weighted by Gasteiger charge is -2.09. The molecule has 0 amide bonds. The van der Waals surface area contributed by atoms with E-state index in [4.69, 9.17) is 5.11 Å². The second-order valence-electron chi connectivity index (χ2n) is 2.83. The molecule has 0 saturated heterocycles. The number of benzene rings is 1. The molecule has 1 atom stereocenters. The Hall–Kier alpha value is -1.00. The van der Waals surface area contributed by atoms with Crippen LogP contribution in [0.4, 0.5) is 8.96 Å². The Balaban J connectivity index is 2.41. The lowest BCUT2D eigenvalue weighted by molar-refractivity contribution is -0.169. The molecule has 1 unspecified atom stereocenters. The lowest BCUT2D eigenvalue weighted by atomic mass is 10.1. The Labute approximate surface area is 75.3 Å². The summed E-state index contributed by atoms with van der Waals surface area (Å²) in [6.45, 7) is -0.616. The fourth-order valence-corrected chi connectivity index (χ4v) is 1.11. The van der Waals surface area contributed by atoms with Gasteiger partial charge in [0, 0.05) is 5.34 Å². The average Bonchev–Trinajstić information content (AvgIpc) is 2.04. The zero-order valence-electron chi connectivity index (χ0n) is 7.03. The fourth-order valence-electron chi connectivity index (χ4n) is 1.11. The van der Waals surface area contributed by atoms with Crippen molar-refractivity contribution in [2.75, 3.05) is 6.54 Å². The zero-order valence-corrected chi connectivity index (χ0v) is 7.03. The summed E-state index contributed by atoms with van der Waals surface area (Å²) >= 11 is 0. The van der Waals surface area contributed by atoms with Gasteiger partial charge in [-0.1, -0.05) is 30.3 Å². The zero-order chi connectivity index (χ0) is 9.68. The van der Waals surface area contributed by atoms with Crippen LogP contribution in [0.3, 0.4) is 0 Å². The molecule has 4 heteroatoms. The van der Waals surface area contributed by atoms with Crippen LogP contribution < -0.4 is 0 Å². The molecule has 0 aliphatic carbocycles. The van der Waals surface area contributed by atoms with Crippen molar-refractivity contribution in [2.45, 2.75) is 12.5 Å². The molecule has 1 rings (SSSR count). The minimum absolute atomic E-state index is 0.255. The van der Waals surface area contributed by atoms with Crippen LogP contribution in [-0.4, -0.2) is 23.1 Å². The van der Waals surface area contributed by atoms with Crippen LogP contribution in [-0.2, 0) is 6.42 Å². The molecule has 0 aliphatic heterocycles. The van der Waals surface area contributed by atoms with Crippen LogP contribution >= 0.6 is 0 Å². The van der Waals surface area contributed by atoms with E-state index in [-0.39, 0.29) is 6.42 Å². The maximum Gasteiger partial charge on any atom is 0.0882 e. The van der Waals surface area contributed by atoms with Crippen molar-refractivity contribution in [3.05, 3.63) is 35.9 Å². The Bertz CT molecular complexity index is 241. The molecule has 1 N–H and O–H groups in total. The largest absolute Gasteiger partial charge is 0.391 e. The highest BCUT2D eigenvalue weighted by molar-refractivity contribution is 5.15. The third kappa shape index (κ3) is 3.96. The molecule has 2 nitrogen and oxygen atoms in total. The summed E-state index contributed by atoms with van der Waals surface area (Å²) < 4.78 is 23.3. The van der Waals surface area contributed by atoms with Gasteiger partial charge in [0.05, 0.1) is 12.6 Å². The Morgan fingerprint density at radius 2 is 1.85 bits per heavy atom. The standard InChI is InChI=1S/C9H11F2NO/c10-12(11)7-9(13)6-8-4-2-1-3-5-8/h1-5,9,13H,6-7H2. The SMILES string of the molecule is OC(Cc1ccccc1)CN(F)F. The quantitative estimate of drug-likeness (QED) is 0.724. The molecular formula is C9H11F2NO. The molecule has 0 heterocycles. The van der Waals surface area contributed by atoms with Gasteiger partial charge in [0.1, 0.15) is 0 Å². The lowest BCUT2D eigenvalue weighted by Crippen LogP contribution is -2.22. The van der Waals surface area contributed by atoms with Crippen LogP contribution in [0.1, 0.15) is 5.56 Å². The van der Waals surface area contributed by atoms with E-state index in [1.54, 1.807) is 12.1 Å². The summed E-state index contributed by atoms with van der Waals surface area (Å²) in [5.74, 6) is 0. The second-order valence-corrected chi connectivity index (χ2v) is 2.83. The van der Waals surface area contributed by atoms with E-state index in [1.165, 1.54) is 0 Å². The van der Waals surface area contributed by atoms with Crippen molar-refractivity contribution in [1.29, 1.82) is 0 Å². The topological polar surface area (TPSA) is 23.5 Å². The Morgan fingerprint density at radius 3 is 2.38 bits per heavy atom. The van der Waals surface area contributed by atoms with Gasteiger partial charge >= 0.3 is 0 Å². The molecule has 72 valence electrons. The van der Waals surface area contributed by atoms with Crippen LogP contribution in [0.5, 0.6) is 0 Å². The van der Waals surface area contributed by atoms with E-state index in [0.29, 0.717) is 0 Å². The number of nitrogens with zero attached hydrogens (tertiary/aromatic N) is 1. The van der Waals surface area contributed by atoms with E-state index >= 15 is 0 Å². The summed E-state index contributed by atoms with van der Waals surface area (Å²) in [6, 6.07) is 9.05.